The molecule has 3 atom stereocenters. The Labute approximate surface area is 341 Å². The Morgan fingerprint density at radius 2 is 1.81 bits per heavy atom. The van der Waals surface area contributed by atoms with E-state index in [0.29, 0.717) is 49.5 Å². The van der Waals surface area contributed by atoms with Crippen molar-refractivity contribution < 1.29 is 23.1 Å². The molecule has 0 saturated carbocycles. The summed E-state index contributed by atoms with van der Waals surface area (Å²) in [5.41, 5.74) is 17.4. The second kappa shape index (κ2) is 16.3. The van der Waals surface area contributed by atoms with Gasteiger partial charge in [0.05, 0.1) is 35.9 Å². The van der Waals surface area contributed by atoms with Gasteiger partial charge in [-0.15, -0.1) is 0 Å². The van der Waals surface area contributed by atoms with Gasteiger partial charge >= 0.3 is 5.97 Å². The number of carbonyl (C=O) groups excluding carboxylic acids is 2. The van der Waals surface area contributed by atoms with Crippen molar-refractivity contribution in [1.82, 2.24) is 24.9 Å². The van der Waals surface area contributed by atoms with Gasteiger partial charge in [-0.05, 0) is 104 Å². The number of esters is 1. The fourth-order valence-corrected chi connectivity index (χ4v) is 9.78. The number of carbonyl (C=O) groups is 2. The summed E-state index contributed by atoms with van der Waals surface area (Å²) >= 11 is 0. The monoisotopic (exact) mass is 795 g/mol. The highest BCUT2D eigenvalue weighted by molar-refractivity contribution is 5.96. The van der Waals surface area contributed by atoms with Gasteiger partial charge in [-0.25, -0.2) is 14.2 Å². The highest BCUT2D eigenvalue weighted by Crippen LogP contribution is 2.43. The SMILES string of the molecule is CCn1c(-c2cc(N3CCN4CCCC[C@@H]4C3)cnc2C(C)C)c2c3cc(ccc31)-c1cc(cc(C(F)F)c1)C[C@H](N)C(=O)N1CCC[C@H](N1)C(=O)OCC(C)(C)C2. The van der Waals surface area contributed by atoms with E-state index in [2.05, 4.69) is 78.8 Å². The molecule has 6 bridgehead atoms. The van der Waals surface area contributed by atoms with Crippen LogP contribution in [0.25, 0.3) is 33.3 Å². The van der Waals surface area contributed by atoms with Gasteiger partial charge in [0.15, 0.2) is 0 Å². The highest BCUT2D eigenvalue weighted by atomic mass is 19.3. The fraction of sp³-hybridized carbons (Fsp3) is 0.543. The first-order valence-corrected chi connectivity index (χ1v) is 21.4. The zero-order valence-corrected chi connectivity index (χ0v) is 34.7. The van der Waals surface area contributed by atoms with E-state index in [1.165, 1.54) is 36.9 Å². The topological polar surface area (TPSA) is 109 Å². The standard InChI is InChI=1S/C46H59F2N7O3/c1-6-54-40-13-12-30-22-35(40)37(42(54)36-23-34(25-50-41(36)28(2)3)53-17-16-52-14-8-7-10-33(52)26-53)24-46(4,5)27-58-45(57)39-11-9-15-55(51-39)44(56)38(49)20-29-18-31(30)21-32(19-29)43(47)48/h12-13,18-19,21-23,25,28,33,38-39,43,51H,6-11,14-17,20,24,26-27,49H2,1-5H3/t33-,38+,39+/m1/s1. The molecule has 3 saturated heterocycles. The molecule has 0 unspecified atom stereocenters. The number of aryl methyl sites for hydroxylation is 1. The molecule has 4 aliphatic rings. The molecule has 3 fully saturated rings. The zero-order chi connectivity index (χ0) is 40.9. The minimum atomic E-state index is -2.71. The average Bonchev–Trinajstić information content (AvgIpc) is 3.52. The second-order valence-electron chi connectivity index (χ2n) is 18.1. The number of pyridine rings is 1. The molecule has 4 aromatic rings. The number of fused-ring (bicyclic) bond motifs is 7. The Morgan fingerprint density at radius 3 is 2.59 bits per heavy atom. The van der Waals surface area contributed by atoms with Gasteiger partial charge in [0.1, 0.15) is 6.04 Å². The van der Waals surface area contributed by atoms with Crippen LogP contribution < -0.4 is 16.1 Å². The Bertz CT molecular complexity index is 2180. The summed E-state index contributed by atoms with van der Waals surface area (Å²) in [7, 11) is 0. The molecule has 8 rings (SSSR count). The first-order valence-electron chi connectivity index (χ1n) is 21.4. The molecule has 58 heavy (non-hydrogen) atoms. The lowest BCUT2D eigenvalue weighted by atomic mass is 9.83. The normalized spacial score (nSPS) is 23.3. The van der Waals surface area contributed by atoms with Crippen molar-refractivity contribution >= 4 is 28.5 Å². The number of halogens is 2. The summed E-state index contributed by atoms with van der Waals surface area (Å²) in [6.07, 6.45) is 4.87. The number of nitrogens with two attached hydrogens (primary N) is 1. The van der Waals surface area contributed by atoms with Gasteiger partial charge in [-0.3, -0.25) is 24.5 Å². The molecular formula is C46H59F2N7O3. The van der Waals surface area contributed by atoms with Crippen LogP contribution in [-0.4, -0.2) is 88.8 Å². The number of piperidine rings is 1. The molecule has 10 nitrogen and oxygen atoms in total. The van der Waals surface area contributed by atoms with Crippen LogP contribution in [0.3, 0.4) is 0 Å². The van der Waals surface area contributed by atoms with Crippen molar-refractivity contribution in [3.63, 3.8) is 0 Å². The molecule has 12 heteroatoms. The number of piperazine rings is 1. The first kappa shape index (κ1) is 40.4. The molecule has 3 N–H and O–H groups in total. The number of alkyl halides is 2. The number of hydrazine groups is 1. The van der Waals surface area contributed by atoms with E-state index in [0.717, 1.165) is 64.3 Å². The number of amides is 1. The second-order valence-corrected chi connectivity index (χ2v) is 18.1. The van der Waals surface area contributed by atoms with Crippen LogP contribution in [0.2, 0.25) is 0 Å². The zero-order valence-electron chi connectivity index (χ0n) is 34.7. The van der Waals surface area contributed by atoms with Crippen molar-refractivity contribution in [2.45, 2.75) is 117 Å². The Hall–Kier alpha value is -4.39. The molecule has 6 heterocycles. The molecule has 4 aliphatic heterocycles. The molecule has 2 aromatic carbocycles. The van der Waals surface area contributed by atoms with E-state index in [1.54, 1.807) is 6.07 Å². The maximum absolute atomic E-state index is 14.5. The summed E-state index contributed by atoms with van der Waals surface area (Å²) in [4.78, 5) is 37.6. The molecule has 0 radical (unpaired) electrons. The molecule has 1 amide bonds. The van der Waals surface area contributed by atoms with E-state index >= 15 is 0 Å². The van der Waals surface area contributed by atoms with Gasteiger partial charge in [0.25, 0.3) is 12.3 Å². The van der Waals surface area contributed by atoms with Gasteiger partial charge in [-0.1, -0.05) is 52.3 Å². The number of nitrogens with zero attached hydrogens (tertiary/aromatic N) is 5. The van der Waals surface area contributed by atoms with Crippen LogP contribution in [-0.2, 0) is 33.7 Å². The maximum atomic E-state index is 14.5. The lowest BCUT2D eigenvalue weighted by Crippen LogP contribution is -2.59. The molecule has 0 spiro atoms. The number of ether oxygens (including phenoxy) is 1. The molecule has 2 aromatic heterocycles. The molecular weight excluding hydrogens is 737 g/mol. The number of anilines is 1. The minimum absolute atomic E-state index is 0.0643. The highest BCUT2D eigenvalue weighted by Gasteiger charge is 2.35. The molecule has 0 aliphatic carbocycles. The van der Waals surface area contributed by atoms with Crippen LogP contribution in [0.4, 0.5) is 14.5 Å². The minimum Gasteiger partial charge on any atom is -0.464 e. The van der Waals surface area contributed by atoms with Crippen LogP contribution in [0.1, 0.15) is 101 Å². The lowest BCUT2D eigenvalue weighted by Gasteiger charge is -2.45. The third kappa shape index (κ3) is 7.99. The smallest absolute Gasteiger partial charge is 0.324 e. The average molecular weight is 796 g/mol. The Morgan fingerprint density at radius 1 is 0.983 bits per heavy atom. The predicted octanol–water partition coefficient (Wildman–Crippen LogP) is 7.62. The number of hydrogen-bond donors (Lipinski definition) is 2. The third-order valence-corrected chi connectivity index (χ3v) is 12.8. The summed E-state index contributed by atoms with van der Waals surface area (Å²) in [5, 5.41) is 2.42. The predicted molar refractivity (Wildman–Crippen MR) is 225 cm³/mol. The summed E-state index contributed by atoms with van der Waals surface area (Å²) in [6.45, 7) is 16.2. The van der Waals surface area contributed by atoms with E-state index in [1.807, 2.05) is 12.1 Å². The molecule has 310 valence electrons. The van der Waals surface area contributed by atoms with Crippen LogP contribution in [0.5, 0.6) is 0 Å². The maximum Gasteiger partial charge on any atom is 0.324 e. The summed E-state index contributed by atoms with van der Waals surface area (Å²) in [5.74, 6) is -0.655. The number of aromatic nitrogens is 2. The van der Waals surface area contributed by atoms with Crippen LogP contribution in [0.15, 0.2) is 48.7 Å². The van der Waals surface area contributed by atoms with Crippen molar-refractivity contribution in [3.05, 3.63) is 71.0 Å². The quantitative estimate of drug-likeness (QED) is 0.199. The Kier molecular flexibility index (Phi) is 11.4. The first-order chi connectivity index (χ1) is 27.8. The van der Waals surface area contributed by atoms with Crippen molar-refractivity contribution in [3.8, 4) is 22.4 Å². The number of cyclic esters (lactones) is 1. The van der Waals surface area contributed by atoms with Gasteiger partial charge < -0.3 is 19.9 Å². The van der Waals surface area contributed by atoms with E-state index in [4.69, 9.17) is 15.5 Å². The Balaban J connectivity index is 1.31. The van der Waals surface area contributed by atoms with Gasteiger partial charge in [0, 0.05) is 66.2 Å². The number of nitrogens with one attached hydrogen (secondary N) is 1. The number of hydrogen-bond acceptors (Lipinski definition) is 8. The lowest BCUT2D eigenvalue weighted by molar-refractivity contribution is -0.154. The summed E-state index contributed by atoms with van der Waals surface area (Å²) in [6, 6.07) is 12.3. The summed E-state index contributed by atoms with van der Waals surface area (Å²) < 4.78 is 37.5. The van der Waals surface area contributed by atoms with Gasteiger partial charge in [0.2, 0.25) is 0 Å². The fourth-order valence-electron chi connectivity index (χ4n) is 9.78. The van der Waals surface area contributed by atoms with E-state index in [-0.39, 0.29) is 24.5 Å². The van der Waals surface area contributed by atoms with E-state index in [9.17, 15) is 18.4 Å². The van der Waals surface area contributed by atoms with Crippen LogP contribution >= 0.6 is 0 Å². The van der Waals surface area contributed by atoms with Crippen molar-refractivity contribution in [2.24, 2.45) is 11.1 Å². The number of benzene rings is 2. The largest absolute Gasteiger partial charge is 0.464 e. The van der Waals surface area contributed by atoms with E-state index < -0.39 is 35.8 Å². The van der Waals surface area contributed by atoms with Crippen molar-refractivity contribution in [2.75, 3.05) is 44.2 Å². The number of rotatable bonds is 5. The third-order valence-electron chi connectivity index (χ3n) is 12.8. The van der Waals surface area contributed by atoms with Gasteiger partial charge in [-0.2, -0.15) is 0 Å². The van der Waals surface area contributed by atoms with Crippen molar-refractivity contribution in [1.29, 1.82) is 0 Å². The van der Waals surface area contributed by atoms with Crippen LogP contribution in [0, 0.1) is 5.41 Å².